The largest absolute Gasteiger partial charge is 0.454 e. The normalized spacial score (nSPS) is 12.2. The number of benzene rings is 2. The van der Waals surface area contributed by atoms with E-state index in [9.17, 15) is 4.79 Å². The predicted octanol–water partition coefficient (Wildman–Crippen LogP) is 4.16. The highest BCUT2D eigenvalue weighted by Crippen LogP contribution is 2.36. The minimum atomic E-state index is -0.214. The molecule has 0 bridgehead atoms. The van der Waals surface area contributed by atoms with Gasteiger partial charge in [-0.2, -0.15) is 0 Å². The molecule has 138 valence electrons. The molecular formula is C18H14ClN3O4S. The fourth-order valence-electron chi connectivity index (χ4n) is 2.45. The van der Waals surface area contributed by atoms with Gasteiger partial charge in [0.15, 0.2) is 11.5 Å². The third-order valence-electron chi connectivity index (χ3n) is 3.75. The molecule has 0 atom stereocenters. The Bertz CT molecular complexity index is 1010. The molecule has 1 aliphatic rings. The number of hydrogen-bond acceptors (Lipinski definition) is 7. The van der Waals surface area contributed by atoms with Crippen LogP contribution in [0.25, 0.3) is 11.5 Å². The van der Waals surface area contributed by atoms with Crippen LogP contribution in [-0.4, -0.2) is 28.7 Å². The van der Waals surface area contributed by atoms with Crippen LogP contribution in [0.3, 0.4) is 0 Å². The van der Waals surface area contributed by atoms with E-state index in [1.807, 2.05) is 19.1 Å². The molecule has 2 heterocycles. The number of carbonyl (C=O) groups is 1. The highest BCUT2D eigenvalue weighted by Gasteiger charge is 2.17. The van der Waals surface area contributed by atoms with Crippen LogP contribution in [0, 0.1) is 6.92 Å². The number of aryl methyl sites for hydroxylation is 1. The summed E-state index contributed by atoms with van der Waals surface area (Å²) >= 11 is 7.27. The zero-order valence-electron chi connectivity index (χ0n) is 14.2. The maximum atomic E-state index is 12.1. The van der Waals surface area contributed by atoms with Crippen molar-refractivity contribution in [3.05, 3.63) is 47.0 Å². The number of aromatic nitrogens is 2. The number of fused-ring (bicyclic) bond motifs is 1. The maximum Gasteiger partial charge on any atom is 0.277 e. The van der Waals surface area contributed by atoms with Crippen LogP contribution < -0.4 is 14.8 Å². The average Bonchev–Trinajstić information content (AvgIpc) is 3.30. The highest BCUT2D eigenvalue weighted by molar-refractivity contribution is 7.99. The smallest absolute Gasteiger partial charge is 0.277 e. The van der Waals surface area contributed by atoms with E-state index in [1.54, 1.807) is 24.3 Å². The highest BCUT2D eigenvalue weighted by atomic mass is 35.5. The molecule has 0 spiro atoms. The monoisotopic (exact) mass is 403 g/mol. The zero-order chi connectivity index (χ0) is 18.8. The molecule has 3 aromatic rings. The number of nitrogens with zero attached hydrogens (tertiary/aromatic N) is 2. The molecule has 0 unspecified atom stereocenters. The van der Waals surface area contributed by atoms with Crippen molar-refractivity contribution in [2.24, 2.45) is 0 Å². The number of hydrogen-bond donors (Lipinski definition) is 1. The first-order chi connectivity index (χ1) is 13.1. The third-order valence-corrected chi connectivity index (χ3v) is 4.88. The molecule has 1 aliphatic heterocycles. The van der Waals surface area contributed by atoms with Crippen molar-refractivity contribution in [1.82, 2.24) is 10.2 Å². The Morgan fingerprint density at radius 3 is 2.89 bits per heavy atom. The Hall–Kier alpha value is -2.71. The van der Waals surface area contributed by atoms with Gasteiger partial charge in [0.05, 0.1) is 16.5 Å². The third kappa shape index (κ3) is 4.01. The van der Waals surface area contributed by atoms with Crippen molar-refractivity contribution in [2.45, 2.75) is 12.1 Å². The Morgan fingerprint density at radius 1 is 1.19 bits per heavy atom. The topological polar surface area (TPSA) is 86.5 Å². The van der Waals surface area contributed by atoms with Crippen LogP contribution in [0.4, 0.5) is 5.69 Å². The minimum Gasteiger partial charge on any atom is -0.454 e. The van der Waals surface area contributed by atoms with Gasteiger partial charge in [-0.25, -0.2) is 0 Å². The van der Waals surface area contributed by atoms with Gasteiger partial charge in [-0.05, 0) is 42.8 Å². The van der Waals surface area contributed by atoms with Crippen LogP contribution in [0.1, 0.15) is 5.56 Å². The lowest BCUT2D eigenvalue weighted by molar-refractivity contribution is -0.113. The van der Waals surface area contributed by atoms with E-state index < -0.39 is 0 Å². The summed E-state index contributed by atoms with van der Waals surface area (Å²) in [6.07, 6.45) is 0. The fourth-order valence-corrected chi connectivity index (χ4v) is 3.29. The van der Waals surface area contributed by atoms with Gasteiger partial charge >= 0.3 is 0 Å². The van der Waals surface area contributed by atoms with Gasteiger partial charge in [0.2, 0.25) is 18.6 Å². The second-order valence-corrected chi connectivity index (χ2v) is 7.10. The quantitative estimate of drug-likeness (QED) is 0.640. The average molecular weight is 404 g/mol. The first kappa shape index (κ1) is 17.7. The summed E-state index contributed by atoms with van der Waals surface area (Å²) in [4.78, 5) is 12.1. The van der Waals surface area contributed by atoms with E-state index in [2.05, 4.69) is 15.5 Å². The van der Waals surface area contributed by atoms with Gasteiger partial charge in [0.25, 0.3) is 5.22 Å². The lowest BCUT2D eigenvalue weighted by atomic mass is 10.2. The molecule has 1 amide bonds. The summed E-state index contributed by atoms with van der Waals surface area (Å²) in [5, 5.41) is 11.5. The van der Waals surface area contributed by atoms with E-state index in [0.29, 0.717) is 33.3 Å². The summed E-state index contributed by atoms with van der Waals surface area (Å²) in [5.74, 6) is 1.56. The molecule has 1 aromatic heterocycles. The SMILES string of the molecule is Cc1ccc(NC(=O)CSc2nnc(-c3ccc4c(c3)OCO4)o2)c(Cl)c1. The molecule has 9 heteroatoms. The molecule has 7 nitrogen and oxygen atoms in total. The number of rotatable bonds is 5. The number of nitrogens with one attached hydrogen (secondary N) is 1. The van der Waals surface area contributed by atoms with Crippen LogP contribution in [0.5, 0.6) is 11.5 Å². The van der Waals surface area contributed by atoms with Crippen LogP contribution in [0.15, 0.2) is 46.0 Å². The van der Waals surface area contributed by atoms with E-state index in [1.165, 1.54) is 0 Å². The summed E-state index contributed by atoms with van der Waals surface area (Å²) in [5.41, 5.74) is 2.31. The Morgan fingerprint density at radius 2 is 2.04 bits per heavy atom. The number of carbonyl (C=O) groups excluding carboxylic acids is 1. The van der Waals surface area contributed by atoms with Crippen LogP contribution >= 0.6 is 23.4 Å². The number of amides is 1. The Kier molecular flexibility index (Phi) is 4.91. The summed E-state index contributed by atoms with van der Waals surface area (Å²) in [7, 11) is 0. The Labute approximate surface area is 164 Å². The van der Waals surface area contributed by atoms with Crippen molar-refractivity contribution in [3.8, 4) is 23.0 Å². The van der Waals surface area contributed by atoms with Gasteiger partial charge in [-0.3, -0.25) is 4.79 Å². The molecule has 0 fully saturated rings. The Balaban J connectivity index is 1.37. The van der Waals surface area contributed by atoms with Gasteiger partial charge in [-0.15, -0.1) is 10.2 Å². The van der Waals surface area contributed by atoms with Crippen molar-refractivity contribution in [2.75, 3.05) is 17.9 Å². The second kappa shape index (κ2) is 7.50. The molecule has 0 radical (unpaired) electrons. The van der Waals surface area contributed by atoms with E-state index in [4.69, 9.17) is 25.5 Å². The second-order valence-electron chi connectivity index (χ2n) is 5.76. The molecular weight excluding hydrogens is 390 g/mol. The lowest BCUT2D eigenvalue weighted by Crippen LogP contribution is -2.14. The molecule has 1 N–H and O–H groups in total. The number of thioether (sulfide) groups is 1. The molecule has 2 aromatic carbocycles. The lowest BCUT2D eigenvalue weighted by Gasteiger charge is -2.06. The standard InChI is InChI=1S/C18H14ClN3O4S/c1-10-2-4-13(12(19)6-10)20-16(23)8-27-18-22-21-17(26-18)11-3-5-14-15(7-11)25-9-24-14/h2-7H,8-9H2,1H3,(H,20,23). The van der Waals surface area contributed by atoms with Gasteiger partial charge in [0.1, 0.15) is 0 Å². The van der Waals surface area contributed by atoms with Gasteiger partial charge < -0.3 is 19.2 Å². The summed E-state index contributed by atoms with van der Waals surface area (Å²) in [6.45, 7) is 2.13. The fraction of sp³-hybridized carbons (Fsp3) is 0.167. The summed E-state index contributed by atoms with van der Waals surface area (Å²) in [6, 6.07) is 10.8. The number of anilines is 1. The predicted molar refractivity (Wildman–Crippen MR) is 101 cm³/mol. The molecule has 27 heavy (non-hydrogen) atoms. The molecule has 0 saturated carbocycles. The molecule has 0 aliphatic carbocycles. The van der Waals surface area contributed by atoms with E-state index in [0.717, 1.165) is 22.9 Å². The van der Waals surface area contributed by atoms with Crippen molar-refractivity contribution in [3.63, 3.8) is 0 Å². The van der Waals surface area contributed by atoms with Crippen molar-refractivity contribution >= 4 is 35.0 Å². The summed E-state index contributed by atoms with van der Waals surface area (Å²) < 4.78 is 16.2. The van der Waals surface area contributed by atoms with Crippen molar-refractivity contribution < 1.29 is 18.7 Å². The van der Waals surface area contributed by atoms with Gasteiger partial charge in [0, 0.05) is 5.56 Å². The minimum absolute atomic E-state index is 0.118. The number of halogens is 1. The van der Waals surface area contributed by atoms with Crippen LogP contribution in [0.2, 0.25) is 5.02 Å². The maximum absolute atomic E-state index is 12.1. The van der Waals surface area contributed by atoms with Crippen molar-refractivity contribution in [1.29, 1.82) is 0 Å². The first-order valence-electron chi connectivity index (χ1n) is 8.01. The zero-order valence-corrected chi connectivity index (χ0v) is 15.8. The first-order valence-corrected chi connectivity index (χ1v) is 9.37. The van der Waals surface area contributed by atoms with Gasteiger partial charge in [-0.1, -0.05) is 29.4 Å². The van der Waals surface area contributed by atoms with E-state index in [-0.39, 0.29) is 18.5 Å². The molecule has 4 rings (SSSR count). The van der Waals surface area contributed by atoms with E-state index >= 15 is 0 Å². The number of ether oxygens (including phenoxy) is 2. The van der Waals surface area contributed by atoms with Crippen LogP contribution in [-0.2, 0) is 4.79 Å². The molecule has 0 saturated heterocycles.